The van der Waals surface area contributed by atoms with Crippen molar-refractivity contribution >= 4 is 11.6 Å². The highest BCUT2D eigenvalue weighted by molar-refractivity contribution is 5.91. The van der Waals surface area contributed by atoms with Crippen LogP contribution in [0.4, 0.5) is 10.1 Å². The third-order valence-corrected chi connectivity index (χ3v) is 5.62. The molecule has 0 aliphatic carbocycles. The number of hydrogen-bond donors (Lipinski definition) is 0. The van der Waals surface area contributed by atoms with E-state index in [0.717, 1.165) is 16.8 Å². The van der Waals surface area contributed by atoms with Gasteiger partial charge >= 0.3 is 0 Å². The van der Waals surface area contributed by atoms with Gasteiger partial charge in [0.25, 0.3) is 5.91 Å². The zero-order valence-corrected chi connectivity index (χ0v) is 17.6. The van der Waals surface area contributed by atoms with Crippen molar-refractivity contribution in [2.75, 3.05) is 31.1 Å². The van der Waals surface area contributed by atoms with E-state index >= 15 is 0 Å². The quantitative estimate of drug-likeness (QED) is 0.490. The van der Waals surface area contributed by atoms with Crippen LogP contribution in [-0.2, 0) is 0 Å². The average molecular weight is 431 g/mol. The van der Waals surface area contributed by atoms with E-state index in [1.54, 1.807) is 40.3 Å². The molecule has 0 saturated carbocycles. The minimum absolute atomic E-state index is 0.126. The average Bonchev–Trinajstić information content (AvgIpc) is 3.50. The Bertz CT molecular complexity index is 1230. The summed E-state index contributed by atoms with van der Waals surface area (Å²) in [6, 6.07) is 16.3. The molecule has 32 heavy (non-hydrogen) atoms. The second kappa shape index (κ2) is 8.30. The predicted molar refractivity (Wildman–Crippen MR) is 118 cm³/mol. The van der Waals surface area contributed by atoms with Gasteiger partial charge in [0.1, 0.15) is 12.1 Å². The van der Waals surface area contributed by atoms with E-state index in [9.17, 15) is 9.18 Å². The summed E-state index contributed by atoms with van der Waals surface area (Å²) in [5.74, 6) is 0.168. The number of aromatic nitrogens is 3. The standard InChI is InChI=1S/C24H22FN5O2/c1-17-6-8-19(9-7-17)30-23(18-10-15-32-16-18)26-22(27-30)24(31)29-13-11-28(12-14-29)21-5-3-2-4-20(21)25/h2-10,15-16H,11-14H2,1H3. The Hall–Kier alpha value is -3.94. The number of benzene rings is 2. The van der Waals surface area contributed by atoms with E-state index in [2.05, 4.69) is 10.1 Å². The SMILES string of the molecule is Cc1ccc(-n2nc(C(=O)N3CCN(c4ccccc4F)CC3)nc2-c2ccoc2)cc1. The third-order valence-electron chi connectivity index (χ3n) is 5.62. The number of carbonyl (C=O) groups is 1. The van der Waals surface area contributed by atoms with Gasteiger partial charge in [-0.1, -0.05) is 29.8 Å². The summed E-state index contributed by atoms with van der Waals surface area (Å²) in [6.07, 6.45) is 3.14. The number of nitrogens with zero attached hydrogens (tertiary/aromatic N) is 5. The first-order chi connectivity index (χ1) is 15.6. The lowest BCUT2D eigenvalue weighted by atomic mass is 10.2. The summed E-state index contributed by atoms with van der Waals surface area (Å²) in [4.78, 5) is 21.4. The molecule has 0 unspecified atom stereocenters. The lowest BCUT2D eigenvalue weighted by molar-refractivity contribution is 0.0734. The summed E-state index contributed by atoms with van der Waals surface area (Å²) < 4.78 is 21.0. The number of amides is 1. The molecular formula is C24H22FN5O2. The normalized spacial score (nSPS) is 14.1. The van der Waals surface area contributed by atoms with Crippen LogP contribution in [0.2, 0.25) is 0 Å². The summed E-state index contributed by atoms with van der Waals surface area (Å²) in [5, 5.41) is 4.53. The second-order valence-electron chi connectivity index (χ2n) is 7.75. The van der Waals surface area contributed by atoms with Crippen molar-refractivity contribution < 1.29 is 13.6 Å². The Balaban J connectivity index is 1.39. The van der Waals surface area contributed by atoms with E-state index in [0.29, 0.717) is 37.7 Å². The zero-order chi connectivity index (χ0) is 22.1. The van der Waals surface area contributed by atoms with Crippen LogP contribution >= 0.6 is 0 Å². The van der Waals surface area contributed by atoms with Gasteiger partial charge in [0.05, 0.1) is 23.2 Å². The molecule has 0 atom stereocenters. The first kappa shape index (κ1) is 20.0. The molecule has 1 amide bonds. The Labute approximate surface area is 184 Å². The predicted octanol–water partition coefficient (Wildman–Crippen LogP) is 3.94. The van der Waals surface area contributed by atoms with E-state index < -0.39 is 0 Å². The van der Waals surface area contributed by atoms with E-state index in [4.69, 9.17) is 4.42 Å². The first-order valence-electron chi connectivity index (χ1n) is 10.5. The van der Waals surface area contributed by atoms with Gasteiger partial charge in [-0.2, -0.15) is 0 Å². The number of aryl methyl sites for hydroxylation is 1. The maximum absolute atomic E-state index is 14.1. The third kappa shape index (κ3) is 3.75. The Kier molecular flexibility index (Phi) is 5.18. The second-order valence-corrected chi connectivity index (χ2v) is 7.75. The summed E-state index contributed by atoms with van der Waals surface area (Å²) >= 11 is 0. The van der Waals surface area contributed by atoms with Crippen LogP contribution in [0.5, 0.6) is 0 Å². The number of halogens is 1. The molecule has 4 aromatic rings. The van der Waals surface area contributed by atoms with Gasteiger partial charge in [-0.3, -0.25) is 4.79 Å². The van der Waals surface area contributed by atoms with Gasteiger partial charge in [-0.25, -0.2) is 14.1 Å². The molecule has 0 N–H and O–H groups in total. The number of piperazine rings is 1. The minimum atomic E-state index is -0.254. The van der Waals surface area contributed by atoms with Crippen LogP contribution in [0.3, 0.4) is 0 Å². The van der Waals surface area contributed by atoms with Crippen LogP contribution in [0, 0.1) is 12.7 Å². The zero-order valence-electron chi connectivity index (χ0n) is 17.6. The van der Waals surface area contributed by atoms with E-state index in [-0.39, 0.29) is 17.5 Å². The molecule has 0 spiro atoms. The van der Waals surface area contributed by atoms with Gasteiger partial charge < -0.3 is 14.2 Å². The molecule has 0 radical (unpaired) electrons. The smallest absolute Gasteiger partial charge is 0.293 e. The van der Waals surface area contributed by atoms with Crippen LogP contribution in [-0.4, -0.2) is 51.8 Å². The highest BCUT2D eigenvalue weighted by Gasteiger charge is 2.27. The summed E-state index contributed by atoms with van der Waals surface area (Å²) in [7, 11) is 0. The topological polar surface area (TPSA) is 67.4 Å². The van der Waals surface area contributed by atoms with Crippen molar-refractivity contribution in [2.45, 2.75) is 6.92 Å². The van der Waals surface area contributed by atoms with Gasteiger partial charge in [0.2, 0.25) is 5.82 Å². The summed E-state index contributed by atoms with van der Waals surface area (Å²) in [6.45, 7) is 4.03. The number of anilines is 1. The summed E-state index contributed by atoms with van der Waals surface area (Å²) in [5.41, 5.74) is 3.23. The van der Waals surface area contributed by atoms with Gasteiger partial charge in [0, 0.05) is 26.2 Å². The lowest BCUT2D eigenvalue weighted by Crippen LogP contribution is -2.49. The van der Waals surface area contributed by atoms with Crippen molar-refractivity contribution in [1.29, 1.82) is 0 Å². The fraction of sp³-hybridized carbons (Fsp3) is 0.208. The lowest BCUT2D eigenvalue weighted by Gasteiger charge is -2.35. The van der Waals surface area contributed by atoms with Crippen LogP contribution in [0.25, 0.3) is 17.1 Å². The van der Waals surface area contributed by atoms with Crippen molar-refractivity contribution in [3.63, 3.8) is 0 Å². The number of furan rings is 1. The largest absolute Gasteiger partial charge is 0.472 e. The molecule has 3 heterocycles. The Morgan fingerprint density at radius 2 is 1.75 bits per heavy atom. The molecule has 2 aromatic heterocycles. The number of rotatable bonds is 4. The van der Waals surface area contributed by atoms with Gasteiger partial charge in [0.15, 0.2) is 5.82 Å². The molecule has 1 aliphatic heterocycles. The van der Waals surface area contributed by atoms with E-state index in [1.165, 1.54) is 6.07 Å². The maximum Gasteiger partial charge on any atom is 0.293 e. The molecule has 0 bridgehead atoms. The molecule has 8 heteroatoms. The molecule has 7 nitrogen and oxygen atoms in total. The van der Waals surface area contributed by atoms with Crippen LogP contribution in [0.15, 0.2) is 71.5 Å². The Morgan fingerprint density at radius 1 is 1.00 bits per heavy atom. The molecule has 1 aliphatic rings. The monoisotopic (exact) mass is 431 g/mol. The van der Waals surface area contributed by atoms with Gasteiger partial charge in [-0.05, 0) is 37.3 Å². The van der Waals surface area contributed by atoms with Gasteiger partial charge in [-0.15, -0.1) is 5.10 Å². The first-order valence-corrected chi connectivity index (χ1v) is 10.5. The maximum atomic E-state index is 14.1. The van der Waals surface area contributed by atoms with Crippen molar-refractivity contribution in [2.24, 2.45) is 0 Å². The van der Waals surface area contributed by atoms with E-state index in [1.807, 2.05) is 42.2 Å². The molecule has 2 aromatic carbocycles. The molecule has 1 fully saturated rings. The molecule has 162 valence electrons. The van der Waals surface area contributed by atoms with Crippen LogP contribution < -0.4 is 4.90 Å². The highest BCUT2D eigenvalue weighted by atomic mass is 19.1. The number of para-hydroxylation sites is 1. The molecule has 1 saturated heterocycles. The van der Waals surface area contributed by atoms with Crippen LogP contribution in [0.1, 0.15) is 16.2 Å². The highest BCUT2D eigenvalue weighted by Crippen LogP contribution is 2.24. The minimum Gasteiger partial charge on any atom is -0.472 e. The van der Waals surface area contributed by atoms with Crippen molar-refractivity contribution in [1.82, 2.24) is 19.7 Å². The fourth-order valence-corrected chi connectivity index (χ4v) is 3.85. The van der Waals surface area contributed by atoms with Crippen molar-refractivity contribution in [3.8, 4) is 17.1 Å². The molecular weight excluding hydrogens is 409 g/mol. The van der Waals surface area contributed by atoms with Crippen molar-refractivity contribution in [3.05, 3.63) is 84.3 Å². The fourth-order valence-electron chi connectivity index (χ4n) is 3.85. The Morgan fingerprint density at radius 3 is 2.44 bits per heavy atom. The molecule has 5 rings (SSSR count). The number of carbonyl (C=O) groups excluding carboxylic acids is 1. The number of hydrogen-bond acceptors (Lipinski definition) is 5.